The maximum Gasteiger partial charge on any atom is 0.273 e. The Bertz CT molecular complexity index is 960. The molecule has 0 bridgehead atoms. The number of benzene rings is 1. The molecule has 2 aromatic heterocycles. The third kappa shape index (κ3) is 4.53. The average Bonchev–Trinajstić information content (AvgIpc) is 3.23. The second kappa shape index (κ2) is 8.30. The lowest BCUT2D eigenvalue weighted by molar-refractivity contribution is 0.0936. The number of nitrogens with one attached hydrogen (secondary N) is 1. The standard InChI is InChI=1S/C21H24N6O2/c1-14-11-19(25-21(22)24-14)27-9-7-15(8-10-27)13-23-20(28)17-12-18(29-26-17)16-5-3-2-4-6-16/h2-6,11-12,15H,7-10,13H2,1H3,(H,23,28)(H2,22,24,25). The lowest BCUT2D eigenvalue weighted by Gasteiger charge is -2.32. The smallest absolute Gasteiger partial charge is 0.273 e. The van der Waals surface area contributed by atoms with Gasteiger partial charge < -0.3 is 20.5 Å². The molecule has 0 atom stereocenters. The van der Waals surface area contributed by atoms with Crippen LogP contribution in [0.3, 0.4) is 0 Å². The molecular weight excluding hydrogens is 368 g/mol. The lowest BCUT2D eigenvalue weighted by Crippen LogP contribution is -2.39. The minimum absolute atomic E-state index is 0.211. The normalized spacial score (nSPS) is 14.7. The van der Waals surface area contributed by atoms with Gasteiger partial charge in [-0.3, -0.25) is 4.79 Å². The summed E-state index contributed by atoms with van der Waals surface area (Å²) in [6, 6.07) is 13.2. The number of nitrogens with zero attached hydrogens (tertiary/aromatic N) is 4. The van der Waals surface area contributed by atoms with Crippen LogP contribution in [0.2, 0.25) is 0 Å². The molecular formula is C21H24N6O2. The second-order valence-electron chi connectivity index (χ2n) is 7.31. The Hall–Kier alpha value is -3.42. The summed E-state index contributed by atoms with van der Waals surface area (Å²) in [6.45, 7) is 4.28. The average molecular weight is 392 g/mol. The highest BCUT2D eigenvalue weighted by Crippen LogP contribution is 2.23. The summed E-state index contributed by atoms with van der Waals surface area (Å²) in [6.07, 6.45) is 1.94. The first-order valence-electron chi connectivity index (χ1n) is 9.75. The predicted molar refractivity (Wildman–Crippen MR) is 110 cm³/mol. The number of aromatic nitrogens is 3. The topological polar surface area (TPSA) is 110 Å². The minimum atomic E-state index is -0.211. The van der Waals surface area contributed by atoms with Crippen molar-refractivity contribution in [1.29, 1.82) is 0 Å². The Morgan fingerprint density at radius 2 is 1.97 bits per heavy atom. The lowest BCUT2D eigenvalue weighted by atomic mass is 9.96. The molecule has 29 heavy (non-hydrogen) atoms. The quantitative estimate of drug-likeness (QED) is 0.687. The first kappa shape index (κ1) is 18.9. The monoisotopic (exact) mass is 392 g/mol. The van der Waals surface area contributed by atoms with E-state index in [-0.39, 0.29) is 5.91 Å². The van der Waals surface area contributed by atoms with Gasteiger partial charge in [0.05, 0.1) is 0 Å². The van der Waals surface area contributed by atoms with Crippen LogP contribution in [-0.4, -0.2) is 40.7 Å². The van der Waals surface area contributed by atoms with Crippen molar-refractivity contribution < 1.29 is 9.32 Å². The number of aryl methyl sites for hydroxylation is 1. The third-order valence-electron chi connectivity index (χ3n) is 5.15. The van der Waals surface area contributed by atoms with Crippen molar-refractivity contribution in [3.8, 4) is 11.3 Å². The van der Waals surface area contributed by atoms with E-state index in [2.05, 4.69) is 25.3 Å². The molecule has 1 fully saturated rings. The summed E-state index contributed by atoms with van der Waals surface area (Å²) in [7, 11) is 0. The van der Waals surface area contributed by atoms with Crippen molar-refractivity contribution in [2.24, 2.45) is 5.92 Å². The molecule has 0 spiro atoms. The Labute approximate surface area is 169 Å². The molecule has 3 heterocycles. The van der Waals surface area contributed by atoms with Crippen LogP contribution in [0.25, 0.3) is 11.3 Å². The number of hydrogen-bond donors (Lipinski definition) is 2. The maximum atomic E-state index is 12.4. The van der Waals surface area contributed by atoms with Gasteiger partial charge in [-0.15, -0.1) is 0 Å². The fourth-order valence-electron chi connectivity index (χ4n) is 3.55. The van der Waals surface area contributed by atoms with Gasteiger partial charge >= 0.3 is 0 Å². The molecule has 1 aromatic carbocycles. The van der Waals surface area contributed by atoms with Crippen LogP contribution in [0.5, 0.6) is 0 Å². The fraction of sp³-hybridized carbons (Fsp3) is 0.333. The van der Waals surface area contributed by atoms with Gasteiger partial charge in [-0.2, -0.15) is 4.98 Å². The summed E-state index contributed by atoms with van der Waals surface area (Å²) in [4.78, 5) is 23.1. The van der Waals surface area contributed by atoms with E-state index >= 15 is 0 Å². The number of anilines is 2. The predicted octanol–water partition coefficient (Wildman–Crippen LogP) is 2.67. The zero-order valence-corrected chi connectivity index (χ0v) is 16.3. The summed E-state index contributed by atoms with van der Waals surface area (Å²) >= 11 is 0. The van der Waals surface area contributed by atoms with Gasteiger partial charge in [-0.25, -0.2) is 4.98 Å². The Morgan fingerprint density at radius 1 is 1.21 bits per heavy atom. The molecule has 8 nitrogen and oxygen atoms in total. The molecule has 150 valence electrons. The number of rotatable bonds is 5. The second-order valence-corrected chi connectivity index (χ2v) is 7.31. The van der Waals surface area contributed by atoms with Crippen molar-refractivity contribution in [2.45, 2.75) is 19.8 Å². The Kier molecular flexibility index (Phi) is 5.41. The summed E-state index contributed by atoms with van der Waals surface area (Å²) in [5.41, 5.74) is 7.82. The van der Waals surface area contributed by atoms with Crippen molar-refractivity contribution in [3.63, 3.8) is 0 Å². The van der Waals surface area contributed by atoms with Crippen LogP contribution >= 0.6 is 0 Å². The highest BCUT2D eigenvalue weighted by atomic mass is 16.5. The number of piperidine rings is 1. The van der Waals surface area contributed by atoms with E-state index in [1.807, 2.05) is 43.3 Å². The number of nitrogen functional groups attached to an aromatic ring is 1. The molecule has 1 aliphatic heterocycles. The van der Waals surface area contributed by atoms with E-state index in [1.165, 1.54) is 0 Å². The summed E-state index contributed by atoms with van der Waals surface area (Å²) in [5, 5.41) is 6.88. The summed E-state index contributed by atoms with van der Waals surface area (Å²) < 4.78 is 5.31. The first-order valence-corrected chi connectivity index (χ1v) is 9.75. The van der Waals surface area contributed by atoms with Crippen LogP contribution in [0.4, 0.5) is 11.8 Å². The van der Waals surface area contributed by atoms with Gasteiger partial charge in [0.15, 0.2) is 11.5 Å². The van der Waals surface area contributed by atoms with Crippen LogP contribution in [0.1, 0.15) is 29.0 Å². The van der Waals surface area contributed by atoms with Gasteiger partial charge in [0, 0.05) is 43.0 Å². The highest BCUT2D eigenvalue weighted by Gasteiger charge is 2.22. The van der Waals surface area contributed by atoms with Crippen molar-refractivity contribution in [2.75, 3.05) is 30.3 Å². The Morgan fingerprint density at radius 3 is 2.69 bits per heavy atom. The molecule has 1 aliphatic rings. The van der Waals surface area contributed by atoms with E-state index in [9.17, 15) is 4.79 Å². The number of nitrogens with two attached hydrogens (primary N) is 1. The van der Waals surface area contributed by atoms with E-state index in [4.69, 9.17) is 10.3 Å². The molecule has 3 N–H and O–H groups in total. The van der Waals surface area contributed by atoms with E-state index < -0.39 is 0 Å². The number of amides is 1. The summed E-state index contributed by atoms with van der Waals surface area (Å²) in [5.74, 6) is 1.96. The van der Waals surface area contributed by atoms with Gasteiger partial charge in [0.1, 0.15) is 5.82 Å². The number of carbonyl (C=O) groups excluding carboxylic acids is 1. The molecule has 1 saturated heterocycles. The van der Waals surface area contributed by atoms with Crippen LogP contribution < -0.4 is 16.0 Å². The minimum Gasteiger partial charge on any atom is -0.368 e. The highest BCUT2D eigenvalue weighted by molar-refractivity contribution is 5.93. The molecule has 3 aromatic rings. The largest absolute Gasteiger partial charge is 0.368 e. The van der Waals surface area contributed by atoms with Crippen LogP contribution in [-0.2, 0) is 0 Å². The molecule has 0 saturated carbocycles. The van der Waals surface area contributed by atoms with Crippen molar-refractivity contribution in [3.05, 3.63) is 53.9 Å². The fourth-order valence-corrected chi connectivity index (χ4v) is 3.55. The molecule has 1 amide bonds. The number of hydrogen-bond acceptors (Lipinski definition) is 7. The number of carbonyl (C=O) groups is 1. The van der Waals surface area contributed by atoms with Gasteiger partial charge in [-0.05, 0) is 25.7 Å². The van der Waals surface area contributed by atoms with Gasteiger partial charge in [-0.1, -0.05) is 35.5 Å². The molecule has 8 heteroatoms. The zero-order chi connectivity index (χ0) is 20.2. The van der Waals surface area contributed by atoms with E-state index in [0.29, 0.717) is 29.9 Å². The van der Waals surface area contributed by atoms with E-state index in [0.717, 1.165) is 43.0 Å². The Balaban J connectivity index is 1.28. The molecule has 0 aliphatic carbocycles. The molecule has 0 unspecified atom stereocenters. The van der Waals surface area contributed by atoms with Crippen molar-refractivity contribution >= 4 is 17.7 Å². The van der Waals surface area contributed by atoms with Crippen molar-refractivity contribution in [1.82, 2.24) is 20.4 Å². The van der Waals surface area contributed by atoms with Crippen LogP contribution in [0, 0.1) is 12.8 Å². The van der Waals surface area contributed by atoms with E-state index in [1.54, 1.807) is 6.07 Å². The van der Waals surface area contributed by atoms with Gasteiger partial charge in [0.2, 0.25) is 5.95 Å². The zero-order valence-electron chi connectivity index (χ0n) is 16.3. The third-order valence-corrected chi connectivity index (χ3v) is 5.15. The molecule has 0 radical (unpaired) electrons. The van der Waals surface area contributed by atoms with Gasteiger partial charge in [0.25, 0.3) is 5.91 Å². The SMILES string of the molecule is Cc1cc(N2CCC(CNC(=O)c3cc(-c4ccccc4)on3)CC2)nc(N)n1. The molecule has 4 rings (SSSR count). The maximum absolute atomic E-state index is 12.4. The first-order chi connectivity index (χ1) is 14.1. The van der Waals surface area contributed by atoms with Crippen LogP contribution in [0.15, 0.2) is 47.0 Å².